The van der Waals surface area contributed by atoms with Crippen molar-refractivity contribution in [3.05, 3.63) is 0 Å². The highest BCUT2D eigenvalue weighted by Crippen LogP contribution is 2.64. The van der Waals surface area contributed by atoms with Gasteiger partial charge in [0.25, 0.3) is 0 Å². The third-order valence-corrected chi connectivity index (χ3v) is 7.10. The molecule has 1 heteroatoms. The van der Waals surface area contributed by atoms with Crippen LogP contribution in [0.1, 0.15) is 70.6 Å². The highest BCUT2D eigenvalue weighted by Gasteiger charge is 2.62. The molecule has 4 aliphatic carbocycles. The van der Waals surface area contributed by atoms with E-state index in [-0.39, 0.29) is 5.60 Å². The van der Waals surface area contributed by atoms with Gasteiger partial charge in [0.2, 0.25) is 0 Å². The average molecular weight is 248 g/mol. The Balaban J connectivity index is 1.57. The maximum absolute atomic E-state index is 11.4. The van der Waals surface area contributed by atoms with Gasteiger partial charge in [-0.15, -0.1) is 0 Å². The molecule has 1 nitrogen and oxygen atoms in total. The standard InChI is InChI=1S/C17H28O/c18-17(13-6-3-1-2-4-7-13)11-12-10-16(17)15-9-5-8-14(12)15/h12-16,18H,1-11H2. The van der Waals surface area contributed by atoms with Crippen LogP contribution in [0.5, 0.6) is 0 Å². The quantitative estimate of drug-likeness (QED) is 0.691. The van der Waals surface area contributed by atoms with Crippen molar-refractivity contribution in [1.29, 1.82) is 0 Å². The lowest BCUT2D eigenvalue weighted by atomic mass is 9.66. The van der Waals surface area contributed by atoms with Gasteiger partial charge in [0.05, 0.1) is 5.60 Å². The predicted octanol–water partition coefficient (Wildman–Crippen LogP) is 4.14. The summed E-state index contributed by atoms with van der Waals surface area (Å²) in [5.74, 6) is 4.17. The van der Waals surface area contributed by atoms with Crippen molar-refractivity contribution < 1.29 is 5.11 Å². The Morgan fingerprint density at radius 2 is 1.50 bits per heavy atom. The fraction of sp³-hybridized carbons (Fsp3) is 1.00. The highest BCUT2D eigenvalue weighted by molar-refractivity contribution is 5.12. The summed E-state index contributed by atoms with van der Waals surface area (Å²) in [6, 6.07) is 0. The van der Waals surface area contributed by atoms with E-state index in [9.17, 15) is 5.11 Å². The van der Waals surface area contributed by atoms with E-state index in [1.54, 1.807) is 0 Å². The van der Waals surface area contributed by atoms with Crippen LogP contribution < -0.4 is 0 Å². The van der Waals surface area contributed by atoms with Gasteiger partial charge < -0.3 is 5.11 Å². The first-order valence-corrected chi connectivity index (χ1v) is 8.51. The molecule has 0 aromatic carbocycles. The van der Waals surface area contributed by atoms with Gasteiger partial charge in [0.1, 0.15) is 0 Å². The monoisotopic (exact) mass is 248 g/mol. The van der Waals surface area contributed by atoms with Crippen molar-refractivity contribution in [3.8, 4) is 0 Å². The van der Waals surface area contributed by atoms with Gasteiger partial charge in [0, 0.05) is 0 Å². The minimum atomic E-state index is -0.236. The molecular formula is C17H28O. The summed E-state index contributed by atoms with van der Waals surface area (Å²) in [4.78, 5) is 0. The molecule has 0 aliphatic heterocycles. The summed E-state index contributed by atoms with van der Waals surface area (Å²) in [5, 5.41) is 11.4. The van der Waals surface area contributed by atoms with Gasteiger partial charge in [-0.1, -0.05) is 32.1 Å². The Hall–Kier alpha value is -0.0400. The smallest absolute Gasteiger partial charge is 0.0709 e. The van der Waals surface area contributed by atoms with Gasteiger partial charge in [-0.3, -0.25) is 0 Å². The SMILES string of the molecule is OC1(C2CCCCCC2)CC2CC1C1CCCC21. The first kappa shape index (κ1) is 11.8. The zero-order chi connectivity index (χ0) is 12.2. The van der Waals surface area contributed by atoms with Crippen LogP contribution >= 0.6 is 0 Å². The number of fused-ring (bicyclic) bond motifs is 5. The van der Waals surface area contributed by atoms with Crippen molar-refractivity contribution in [2.45, 2.75) is 76.2 Å². The van der Waals surface area contributed by atoms with Crippen LogP contribution in [0.15, 0.2) is 0 Å². The second kappa shape index (κ2) is 4.23. The fourth-order valence-corrected chi connectivity index (χ4v) is 6.41. The van der Waals surface area contributed by atoms with Crippen LogP contribution in [0.25, 0.3) is 0 Å². The average Bonchev–Trinajstić information content (AvgIpc) is 2.95. The van der Waals surface area contributed by atoms with E-state index in [1.165, 1.54) is 70.6 Å². The molecule has 0 aromatic heterocycles. The van der Waals surface area contributed by atoms with E-state index in [0.29, 0.717) is 11.8 Å². The molecule has 4 fully saturated rings. The van der Waals surface area contributed by atoms with Gasteiger partial charge >= 0.3 is 0 Å². The van der Waals surface area contributed by atoms with Crippen LogP contribution in [0.3, 0.4) is 0 Å². The predicted molar refractivity (Wildman–Crippen MR) is 73.2 cm³/mol. The maximum atomic E-state index is 11.4. The Bertz CT molecular complexity index is 318. The zero-order valence-electron chi connectivity index (χ0n) is 11.6. The molecule has 0 saturated heterocycles. The molecule has 0 aromatic rings. The van der Waals surface area contributed by atoms with E-state index in [2.05, 4.69) is 0 Å². The molecule has 4 saturated carbocycles. The molecule has 1 N–H and O–H groups in total. The van der Waals surface area contributed by atoms with Crippen LogP contribution in [0.4, 0.5) is 0 Å². The lowest BCUT2D eigenvalue weighted by Crippen LogP contribution is -2.47. The molecule has 0 heterocycles. The first-order valence-electron chi connectivity index (χ1n) is 8.51. The summed E-state index contributed by atoms with van der Waals surface area (Å²) >= 11 is 0. The van der Waals surface area contributed by atoms with Crippen LogP contribution in [-0.4, -0.2) is 10.7 Å². The number of rotatable bonds is 1. The van der Waals surface area contributed by atoms with Gasteiger partial charge in [-0.05, 0) is 68.1 Å². The summed E-state index contributed by atoms with van der Waals surface area (Å²) in [7, 11) is 0. The number of hydrogen-bond donors (Lipinski definition) is 1. The molecule has 0 radical (unpaired) electrons. The van der Waals surface area contributed by atoms with E-state index >= 15 is 0 Å². The van der Waals surface area contributed by atoms with Crippen molar-refractivity contribution >= 4 is 0 Å². The molecule has 2 bridgehead atoms. The zero-order valence-corrected chi connectivity index (χ0v) is 11.6. The Labute approximate surface area is 111 Å². The molecule has 102 valence electrons. The third-order valence-electron chi connectivity index (χ3n) is 7.10. The van der Waals surface area contributed by atoms with E-state index in [4.69, 9.17) is 0 Å². The summed E-state index contributed by atoms with van der Waals surface area (Å²) in [5.41, 5.74) is -0.236. The Morgan fingerprint density at radius 1 is 0.778 bits per heavy atom. The first-order chi connectivity index (χ1) is 8.79. The van der Waals surface area contributed by atoms with Crippen molar-refractivity contribution in [1.82, 2.24) is 0 Å². The van der Waals surface area contributed by atoms with Crippen LogP contribution in [0.2, 0.25) is 0 Å². The molecule has 0 spiro atoms. The highest BCUT2D eigenvalue weighted by atomic mass is 16.3. The summed E-state index contributed by atoms with van der Waals surface area (Å²) < 4.78 is 0. The maximum Gasteiger partial charge on any atom is 0.0709 e. The van der Waals surface area contributed by atoms with Crippen molar-refractivity contribution in [2.24, 2.45) is 29.6 Å². The van der Waals surface area contributed by atoms with Gasteiger partial charge in [0.15, 0.2) is 0 Å². The van der Waals surface area contributed by atoms with Gasteiger partial charge in [-0.2, -0.15) is 0 Å². The molecule has 18 heavy (non-hydrogen) atoms. The van der Waals surface area contributed by atoms with Crippen LogP contribution in [0, 0.1) is 29.6 Å². The molecule has 4 aliphatic rings. The second-order valence-electron chi connectivity index (χ2n) is 7.74. The number of aliphatic hydroxyl groups is 1. The fourth-order valence-electron chi connectivity index (χ4n) is 6.41. The molecule has 0 amide bonds. The lowest BCUT2D eigenvalue weighted by Gasteiger charge is -2.44. The van der Waals surface area contributed by atoms with Crippen molar-refractivity contribution in [3.63, 3.8) is 0 Å². The summed E-state index contributed by atoms with van der Waals surface area (Å²) in [6.45, 7) is 0. The molecule has 5 atom stereocenters. The Morgan fingerprint density at radius 3 is 2.28 bits per heavy atom. The topological polar surface area (TPSA) is 20.2 Å². The van der Waals surface area contributed by atoms with E-state index in [0.717, 1.165) is 17.8 Å². The minimum absolute atomic E-state index is 0.236. The molecular weight excluding hydrogens is 220 g/mol. The van der Waals surface area contributed by atoms with E-state index in [1.807, 2.05) is 0 Å². The largest absolute Gasteiger partial charge is 0.389 e. The van der Waals surface area contributed by atoms with Gasteiger partial charge in [-0.25, -0.2) is 0 Å². The Kier molecular flexibility index (Phi) is 2.76. The van der Waals surface area contributed by atoms with E-state index < -0.39 is 0 Å². The lowest BCUT2D eigenvalue weighted by molar-refractivity contribution is -0.0948. The van der Waals surface area contributed by atoms with Crippen LogP contribution in [-0.2, 0) is 0 Å². The number of hydrogen-bond acceptors (Lipinski definition) is 1. The normalized spacial score (nSPS) is 52.5. The minimum Gasteiger partial charge on any atom is -0.389 e. The van der Waals surface area contributed by atoms with Crippen molar-refractivity contribution in [2.75, 3.05) is 0 Å². The molecule has 4 rings (SSSR count). The summed E-state index contributed by atoms with van der Waals surface area (Å²) in [6.07, 6.45) is 15.1. The molecule has 5 unspecified atom stereocenters. The second-order valence-corrected chi connectivity index (χ2v) is 7.74. The third kappa shape index (κ3) is 1.55.